The summed E-state index contributed by atoms with van der Waals surface area (Å²) in [5.41, 5.74) is 1.52. The standard InChI is InChI=1S/C10H10N2O/c1-4-8-9(7(2)5-11)6-12(3)10(8)13/h4H,1-2,6H2,3H3. The molecule has 0 fully saturated rings. The van der Waals surface area contributed by atoms with Crippen LogP contribution in [0.15, 0.2) is 36.0 Å². The Morgan fingerprint density at radius 2 is 2.38 bits per heavy atom. The average molecular weight is 174 g/mol. The lowest BCUT2D eigenvalue weighted by atomic mass is 10.1. The highest BCUT2D eigenvalue weighted by atomic mass is 16.2. The Labute approximate surface area is 77.3 Å². The smallest absolute Gasteiger partial charge is 0.254 e. The maximum Gasteiger partial charge on any atom is 0.254 e. The van der Waals surface area contributed by atoms with Crippen molar-refractivity contribution in [3.8, 4) is 6.07 Å². The summed E-state index contributed by atoms with van der Waals surface area (Å²) in [5, 5.41) is 8.63. The molecule has 0 aromatic rings. The van der Waals surface area contributed by atoms with Crippen molar-refractivity contribution < 1.29 is 4.79 Å². The van der Waals surface area contributed by atoms with Crippen LogP contribution in [0.5, 0.6) is 0 Å². The summed E-state index contributed by atoms with van der Waals surface area (Å²) in [6, 6.07) is 1.93. The van der Waals surface area contributed by atoms with Gasteiger partial charge >= 0.3 is 0 Å². The van der Waals surface area contributed by atoms with Crippen molar-refractivity contribution in [2.24, 2.45) is 0 Å². The highest BCUT2D eigenvalue weighted by Crippen LogP contribution is 2.23. The Kier molecular flexibility index (Phi) is 2.34. The van der Waals surface area contributed by atoms with E-state index in [2.05, 4.69) is 13.2 Å². The number of carbonyl (C=O) groups is 1. The second-order valence-corrected chi connectivity index (χ2v) is 2.85. The molecular weight excluding hydrogens is 164 g/mol. The van der Waals surface area contributed by atoms with Gasteiger partial charge in [-0.3, -0.25) is 4.79 Å². The zero-order valence-electron chi connectivity index (χ0n) is 7.50. The van der Waals surface area contributed by atoms with Crippen molar-refractivity contribution in [2.75, 3.05) is 13.6 Å². The molecule has 1 rings (SSSR count). The molecule has 3 nitrogen and oxygen atoms in total. The summed E-state index contributed by atoms with van der Waals surface area (Å²) in [4.78, 5) is 12.9. The third-order valence-electron chi connectivity index (χ3n) is 2.00. The minimum Gasteiger partial charge on any atom is -0.337 e. The van der Waals surface area contributed by atoms with E-state index in [1.165, 1.54) is 11.0 Å². The largest absolute Gasteiger partial charge is 0.337 e. The zero-order valence-corrected chi connectivity index (χ0v) is 7.50. The van der Waals surface area contributed by atoms with Crippen LogP contribution in [-0.2, 0) is 4.79 Å². The van der Waals surface area contributed by atoms with Gasteiger partial charge in [-0.05, 0) is 0 Å². The van der Waals surface area contributed by atoms with Gasteiger partial charge < -0.3 is 4.90 Å². The molecule has 0 spiro atoms. The van der Waals surface area contributed by atoms with Gasteiger partial charge in [-0.15, -0.1) is 0 Å². The Hall–Kier alpha value is -1.82. The van der Waals surface area contributed by atoms with Crippen LogP contribution < -0.4 is 0 Å². The highest BCUT2D eigenvalue weighted by molar-refractivity contribution is 6.00. The molecule has 0 atom stereocenters. The second-order valence-electron chi connectivity index (χ2n) is 2.85. The quantitative estimate of drug-likeness (QED) is 0.587. The first-order chi connectivity index (χ1) is 6.11. The fraction of sp³-hybridized carbons (Fsp3) is 0.200. The summed E-state index contributed by atoms with van der Waals surface area (Å²) in [6.45, 7) is 7.57. The second kappa shape index (κ2) is 3.28. The number of likely N-dealkylation sites (N-methyl/N-ethyl adjacent to an activating group) is 1. The van der Waals surface area contributed by atoms with Gasteiger partial charge in [0.25, 0.3) is 5.91 Å². The summed E-state index contributed by atoms with van der Waals surface area (Å²) in [5.74, 6) is -0.0959. The zero-order chi connectivity index (χ0) is 10.0. The fourth-order valence-corrected chi connectivity index (χ4v) is 1.26. The summed E-state index contributed by atoms with van der Waals surface area (Å²) >= 11 is 0. The molecule has 0 saturated carbocycles. The van der Waals surface area contributed by atoms with Crippen molar-refractivity contribution >= 4 is 5.91 Å². The molecule has 1 amide bonds. The number of nitrogens with zero attached hydrogens (tertiary/aromatic N) is 2. The maximum absolute atomic E-state index is 11.4. The number of hydrogen-bond acceptors (Lipinski definition) is 2. The van der Waals surface area contributed by atoms with E-state index in [0.717, 1.165) is 0 Å². The van der Waals surface area contributed by atoms with Crippen LogP contribution in [0.25, 0.3) is 0 Å². The minimum absolute atomic E-state index is 0.0959. The third kappa shape index (κ3) is 1.38. The van der Waals surface area contributed by atoms with E-state index in [9.17, 15) is 4.79 Å². The lowest BCUT2D eigenvalue weighted by Crippen LogP contribution is -2.21. The van der Waals surface area contributed by atoms with Gasteiger partial charge in [0.2, 0.25) is 0 Å². The summed E-state index contributed by atoms with van der Waals surface area (Å²) in [7, 11) is 1.68. The van der Waals surface area contributed by atoms with Crippen molar-refractivity contribution in [3.05, 3.63) is 36.0 Å². The monoisotopic (exact) mass is 174 g/mol. The molecule has 3 heteroatoms. The number of hydrogen-bond donors (Lipinski definition) is 0. The van der Waals surface area contributed by atoms with Crippen molar-refractivity contribution in [3.63, 3.8) is 0 Å². The predicted octanol–water partition coefficient (Wildman–Crippen LogP) is 1.02. The van der Waals surface area contributed by atoms with E-state index >= 15 is 0 Å². The van der Waals surface area contributed by atoms with Gasteiger partial charge in [-0.2, -0.15) is 5.26 Å². The Morgan fingerprint density at radius 1 is 1.77 bits per heavy atom. The lowest BCUT2D eigenvalue weighted by molar-refractivity contribution is -0.124. The first-order valence-corrected chi connectivity index (χ1v) is 3.82. The van der Waals surface area contributed by atoms with Gasteiger partial charge in [0.15, 0.2) is 0 Å². The number of carbonyl (C=O) groups excluding carboxylic acids is 1. The van der Waals surface area contributed by atoms with Gasteiger partial charge in [-0.1, -0.05) is 19.2 Å². The minimum atomic E-state index is -0.0959. The third-order valence-corrected chi connectivity index (χ3v) is 2.00. The van der Waals surface area contributed by atoms with Crippen molar-refractivity contribution in [1.82, 2.24) is 4.90 Å². The Morgan fingerprint density at radius 3 is 2.85 bits per heavy atom. The van der Waals surface area contributed by atoms with Gasteiger partial charge in [-0.25, -0.2) is 0 Å². The molecule has 1 heterocycles. The molecule has 0 radical (unpaired) electrons. The topological polar surface area (TPSA) is 44.1 Å². The van der Waals surface area contributed by atoms with Crippen molar-refractivity contribution in [1.29, 1.82) is 5.26 Å². The van der Waals surface area contributed by atoms with Crippen LogP contribution in [0.2, 0.25) is 0 Å². The summed E-state index contributed by atoms with van der Waals surface area (Å²) < 4.78 is 0. The number of nitriles is 1. The van der Waals surface area contributed by atoms with Crippen LogP contribution in [0.3, 0.4) is 0 Å². The van der Waals surface area contributed by atoms with E-state index < -0.39 is 0 Å². The van der Waals surface area contributed by atoms with Crippen LogP contribution in [-0.4, -0.2) is 24.4 Å². The molecule has 0 unspecified atom stereocenters. The van der Waals surface area contributed by atoms with Gasteiger partial charge in [0, 0.05) is 24.7 Å². The first-order valence-electron chi connectivity index (χ1n) is 3.82. The molecule has 13 heavy (non-hydrogen) atoms. The summed E-state index contributed by atoms with van der Waals surface area (Å²) in [6.07, 6.45) is 1.48. The van der Waals surface area contributed by atoms with Crippen LogP contribution in [0.1, 0.15) is 0 Å². The van der Waals surface area contributed by atoms with Crippen LogP contribution >= 0.6 is 0 Å². The van der Waals surface area contributed by atoms with Crippen LogP contribution in [0, 0.1) is 11.3 Å². The fourth-order valence-electron chi connectivity index (χ4n) is 1.26. The molecule has 1 aliphatic rings. The molecule has 0 bridgehead atoms. The molecule has 0 aromatic carbocycles. The van der Waals surface area contributed by atoms with E-state index in [0.29, 0.717) is 23.3 Å². The van der Waals surface area contributed by atoms with Crippen molar-refractivity contribution in [2.45, 2.75) is 0 Å². The van der Waals surface area contributed by atoms with Gasteiger partial charge in [0.05, 0.1) is 11.6 Å². The molecule has 1 aliphatic heterocycles. The molecule has 0 N–H and O–H groups in total. The normalized spacial score (nSPS) is 16.0. The SMILES string of the molecule is C=CC1=C(C(=C)C#N)CN(C)C1=O. The first kappa shape index (κ1) is 9.27. The van der Waals surface area contributed by atoms with E-state index in [1.807, 2.05) is 6.07 Å². The lowest BCUT2D eigenvalue weighted by Gasteiger charge is -2.06. The predicted molar refractivity (Wildman–Crippen MR) is 49.6 cm³/mol. The molecule has 0 saturated heterocycles. The average Bonchev–Trinajstić information content (AvgIpc) is 2.42. The highest BCUT2D eigenvalue weighted by Gasteiger charge is 2.26. The number of amides is 1. The molecular formula is C10H10N2O. The van der Waals surface area contributed by atoms with E-state index in [4.69, 9.17) is 5.26 Å². The molecule has 66 valence electrons. The maximum atomic E-state index is 11.4. The number of rotatable bonds is 2. The van der Waals surface area contributed by atoms with Gasteiger partial charge in [0.1, 0.15) is 0 Å². The molecule has 0 aromatic heterocycles. The Balaban J connectivity index is 3.15. The Bertz CT molecular complexity index is 358. The molecule has 0 aliphatic carbocycles. The van der Waals surface area contributed by atoms with E-state index in [1.54, 1.807) is 7.05 Å². The van der Waals surface area contributed by atoms with E-state index in [-0.39, 0.29) is 5.91 Å². The van der Waals surface area contributed by atoms with Crippen LogP contribution in [0.4, 0.5) is 0 Å².